The quantitative estimate of drug-likeness (QED) is 0.576. The Morgan fingerprint density at radius 2 is 1.94 bits per heavy atom. The van der Waals surface area contributed by atoms with Gasteiger partial charge in [-0.25, -0.2) is 9.37 Å². The molecule has 6 heteroatoms. The number of nitrogens with one attached hydrogen (secondary N) is 1. The molecule has 0 fully saturated rings. The first-order valence-corrected chi connectivity index (χ1v) is 10.9. The van der Waals surface area contributed by atoms with Gasteiger partial charge in [-0.3, -0.25) is 5.41 Å². The normalized spacial score (nSPS) is 20.1. The number of nitrogens with zero attached hydrogens (tertiary/aromatic N) is 3. The van der Waals surface area contributed by atoms with Gasteiger partial charge in [-0.15, -0.1) is 4.91 Å². The van der Waals surface area contributed by atoms with Crippen molar-refractivity contribution in [3.63, 3.8) is 0 Å². The van der Waals surface area contributed by atoms with Crippen molar-refractivity contribution >= 4 is 5.57 Å². The number of aromatic nitrogens is 2. The van der Waals surface area contributed by atoms with Crippen molar-refractivity contribution in [3.05, 3.63) is 93.9 Å². The second-order valence-corrected chi connectivity index (χ2v) is 8.36. The van der Waals surface area contributed by atoms with E-state index in [1.807, 2.05) is 50.3 Å². The largest absolute Gasteiger partial charge is 0.310 e. The number of alkyl halides is 1. The molecule has 2 unspecified atom stereocenters. The number of rotatable bonds is 6. The Morgan fingerprint density at radius 1 is 1.16 bits per heavy atom. The molecular formula is C26H27FN4O. The molecule has 0 spiro atoms. The van der Waals surface area contributed by atoms with Crippen molar-refractivity contribution in [2.24, 2.45) is 11.1 Å². The summed E-state index contributed by atoms with van der Waals surface area (Å²) < 4.78 is 16.3. The number of hydrogen-bond acceptors (Lipinski definition) is 4. The second kappa shape index (κ2) is 9.39. The highest BCUT2D eigenvalue weighted by Gasteiger charge is 2.25. The van der Waals surface area contributed by atoms with Crippen molar-refractivity contribution < 1.29 is 4.39 Å². The summed E-state index contributed by atoms with van der Waals surface area (Å²) in [6, 6.07) is 8.01. The topological polar surface area (TPSA) is 71.1 Å². The maximum absolute atomic E-state index is 14.5. The molecule has 0 saturated heterocycles. The van der Waals surface area contributed by atoms with E-state index in [1.54, 1.807) is 16.7 Å². The molecule has 32 heavy (non-hydrogen) atoms. The van der Waals surface area contributed by atoms with Crippen LogP contribution in [-0.2, 0) is 6.54 Å². The maximum Gasteiger partial charge on any atom is 0.150 e. The van der Waals surface area contributed by atoms with Crippen molar-refractivity contribution in [1.29, 1.82) is 5.41 Å². The molecule has 4 rings (SSSR count). The van der Waals surface area contributed by atoms with Crippen molar-refractivity contribution in [2.45, 2.75) is 45.8 Å². The zero-order valence-electron chi connectivity index (χ0n) is 18.4. The number of nitroso groups, excluding NO2 is 1. The van der Waals surface area contributed by atoms with E-state index in [-0.39, 0.29) is 12.1 Å². The van der Waals surface area contributed by atoms with E-state index < -0.39 is 6.17 Å². The lowest BCUT2D eigenvalue weighted by molar-refractivity contribution is 0.380. The maximum atomic E-state index is 14.5. The molecule has 1 N–H and O–H groups in total. The summed E-state index contributed by atoms with van der Waals surface area (Å²) in [7, 11) is 0. The summed E-state index contributed by atoms with van der Waals surface area (Å²) >= 11 is 0. The number of halogens is 1. The lowest BCUT2D eigenvalue weighted by Gasteiger charge is -2.22. The Kier molecular flexibility index (Phi) is 6.40. The molecule has 1 heterocycles. The van der Waals surface area contributed by atoms with Crippen molar-refractivity contribution in [3.8, 4) is 11.1 Å². The third-order valence-electron chi connectivity index (χ3n) is 6.07. The Morgan fingerprint density at radius 3 is 2.62 bits per heavy atom. The molecule has 0 saturated carbocycles. The molecule has 0 aliphatic heterocycles. The van der Waals surface area contributed by atoms with Crippen LogP contribution in [0.4, 0.5) is 4.39 Å². The first-order valence-electron chi connectivity index (χ1n) is 10.9. The minimum absolute atomic E-state index is 0.123. The molecular weight excluding hydrogens is 403 g/mol. The smallest absolute Gasteiger partial charge is 0.150 e. The first kappa shape index (κ1) is 21.8. The molecule has 0 amide bonds. The van der Waals surface area contributed by atoms with E-state index in [0.717, 1.165) is 29.5 Å². The Labute approximate surface area is 187 Å². The van der Waals surface area contributed by atoms with Gasteiger partial charge in [0.1, 0.15) is 23.2 Å². The van der Waals surface area contributed by atoms with Crippen molar-refractivity contribution in [1.82, 2.24) is 9.55 Å². The van der Waals surface area contributed by atoms with Gasteiger partial charge in [0.05, 0.1) is 5.69 Å². The summed E-state index contributed by atoms with van der Waals surface area (Å²) in [6.45, 7) is 4.41. The van der Waals surface area contributed by atoms with Crippen LogP contribution in [0, 0.1) is 30.1 Å². The second-order valence-electron chi connectivity index (χ2n) is 8.36. The Hall–Kier alpha value is -3.41. The molecule has 1 aromatic heterocycles. The summed E-state index contributed by atoms with van der Waals surface area (Å²) in [6.07, 6.45) is 12.2. The average molecular weight is 431 g/mol. The van der Waals surface area contributed by atoms with Crippen molar-refractivity contribution in [2.75, 3.05) is 0 Å². The SMILES string of the molecule is Cc1ccc(-c2c(C)nc(C3=C(N=O)C(F)CC=C3)n(CCC3C=CC=CC3)c2=N)cc1. The lowest BCUT2D eigenvalue weighted by atomic mass is 9.96. The number of hydrogen-bond donors (Lipinski definition) is 1. The van der Waals surface area contributed by atoms with Crippen LogP contribution in [0.15, 0.2) is 71.6 Å². The average Bonchev–Trinajstić information content (AvgIpc) is 2.80. The van der Waals surface area contributed by atoms with Gasteiger partial charge in [0.2, 0.25) is 0 Å². The predicted molar refractivity (Wildman–Crippen MR) is 125 cm³/mol. The van der Waals surface area contributed by atoms with Crippen LogP contribution in [0.5, 0.6) is 0 Å². The predicted octanol–water partition coefficient (Wildman–Crippen LogP) is 5.94. The zero-order valence-corrected chi connectivity index (χ0v) is 18.4. The highest BCUT2D eigenvalue weighted by atomic mass is 19.1. The third-order valence-corrected chi connectivity index (χ3v) is 6.07. The van der Waals surface area contributed by atoms with Gasteiger partial charge in [0, 0.05) is 24.1 Å². The van der Waals surface area contributed by atoms with Crippen LogP contribution in [0.1, 0.15) is 36.3 Å². The van der Waals surface area contributed by atoms with E-state index in [0.29, 0.717) is 35.0 Å². The fourth-order valence-electron chi connectivity index (χ4n) is 4.28. The van der Waals surface area contributed by atoms with E-state index in [9.17, 15) is 9.30 Å². The van der Waals surface area contributed by atoms with Crippen LogP contribution in [0.2, 0.25) is 0 Å². The van der Waals surface area contributed by atoms with Crippen LogP contribution in [-0.4, -0.2) is 15.7 Å². The summed E-state index contributed by atoms with van der Waals surface area (Å²) in [4.78, 5) is 16.3. The lowest BCUT2D eigenvalue weighted by Crippen LogP contribution is -2.29. The molecule has 5 nitrogen and oxygen atoms in total. The van der Waals surface area contributed by atoms with Gasteiger partial charge in [-0.05, 0) is 43.3 Å². The first-order chi connectivity index (χ1) is 15.5. The molecule has 0 bridgehead atoms. The number of aryl methyl sites for hydroxylation is 2. The monoisotopic (exact) mass is 430 g/mol. The Bertz CT molecular complexity index is 1200. The minimum atomic E-state index is -1.46. The Balaban J connectivity index is 1.86. The standard InChI is InChI=1S/C26H27FN4O/c1-17-11-13-20(14-12-17)23-18(2)29-26(21-9-6-10-22(27)24(21)30-32)31(25(23)28)16-15-19-7-4-3-5-8-19/h3-7,9,11-14,19,22,28H,8,10,15-16H2,1-2H3. The van der Waals surface area contributed by atoms with Gasteiger partial charge < -0.3 is 4.57 Å². The van der Waals surface area contributed by atoms with E-state index in [4.69, 9.17) is 10.4 Å². The highest BCUT2D eigenvalue weighted by Crippen LogP contribution is 2.31. The summed E-state index contributed by atoms with van der Waals surface area (Å²) in [5, 5.41) is 12.1. The van der Waals surface area contributed by atoms with Crippen LogP contribution in [0.3, 0.4) is 0 Å². The molecule has 2 aliphatic rings. The van der Waals surface area contributed by atoms with E-state index in [1.165, 1.54) is 0 Å². The van der Waals surface area contributed by atoms with Gasteiger partial charge in [0.15, 0.2) is 0 Å². The van der Waals surface area contributed by atoms with Gasteiger partial charge in [-0.2, -0.15) is 0 Å². The molecule has 164 valence electrons. The molecule has 1 aromatic carbocycles. The van der Waals surface area contributed by atoms with Gasteiger partial charge in [-0.1, -0.05) is 66.3 Å². The molecule has 0 radical (unpaired) electrons. The zero-order chi connectivity index (χ0) is 22.7. The highest BCUT2D eigenvalue weighted by molar-refractivity contribution is 5.76. The molecule has 2 atom stereocenters. The third kappa shape index (κ3) is 4.31. The van der Waals surface area contributed by atoms with Gasteiger partial charge >= 0.3 is 0 Å². The summed E-state index contributed by atoms with van der Waals surface area (Å²) in [5.41, 5.74) is 3.99. The fraction of sp³-hybridized carbons (Fsp3) is 0.308. The van der Waals surface area contributed by atoms with Crippen LogP contribution >= 0.6 is 0 Å². The number of benzene rings is 1. The van der Waals surface area contributed by atoms with Gasteiger partial charge in [0.25, 0.3) is 0 Å². The summed E-state index contributed by atoms with van der Waals surface area (Å²) in [5.74, 6) is 0.782. The minimum Gasteiger partial charge on any atom is -0.310 e. The van der Waals surface area contributed by atoms with E-state index >= 15 is 0 Å². The number of allylic oxidation sites excluding steroid dienone is 8. The van der Waals surface area contributed by atoms with Crippen LogP contribution in [0.25, 0.3) is 16.7 Å². The fourth-order valence-corrected chi connectivity index (χ4v) is 4.28. The van der Waals surface area contributed by atoms with E-state index in [2.05, 4.69) is 17.3 Å². The van der Waals surface area contributed by atoms with Crippen LogP contribution < -0.4 is 5.49 Å². The molecule has 2 aliphatic carbocycles. The molecule has 2 aromatic rings.